The monoisotopic (exact) mass is 184 g/mol. The predicted molar refractivity (Wildman–Crippen MR) is 53.6 cm³/mol. The lowest BCUT2D eigenvalue weighted by Gasteiger charge is -2.07. The summed E-state index contributed by atoms with van der Waals surface area (Å²) in [5.41, 5.74) is 0. The summed E-state index contributed by atoms with van der Waals surface area (Å²) in [4.78, 5) is 22.4. The SMILES string of the molecule is CCCCC(C)C(=O)CC(=O)CC. The van der Waals surface area contributed by atoms with Gasteiger partial charge in [-0.15, -0.1) is 0 Å². The Balaban J connectivity index is 3.75. The van der Waals surface area contributed by atoms with Gasteiger partial charge in [0.1, 0.15) is 11.6 Å². The van der Waals surface area contributed by atoms with E-state index < -0.39 is 0 Å². The zero-order valence-electron chi connectivity index (χ0n) is 8.93. The normalized spacial score (nSPS) is 12.5. The molecule has 0 aromatic rings. The molecule has 0 fully saturated rings. The van der Waals surface area contributed by atoms with E-state index in [-0.39, 0.29) is 23.9 Å². The molecule has 0 bridgehead atoms. The predicted octanol–water partition coefficient (Wildman–Crippen LogP) is 2.75. The van der Waals surface area contributed by atoms with E-state index >= 15 is 0 Å². The van der Waals surface area contributed by atoms with E-state index in [9.17, 15) is 9.59 Å². The van der Waals surface area contributed by atoms with Crippen LogP contribution >= 0.6 is 0 Å². The molecule has 1 atom stereocenters. The Morgan fingerprint density at radius 2 is 1.85 bits per heavy atom. The molecule has 1 unspecified atom stereocenters. The molecule has 76 valence electrons. The zero-order chi connectivity index (χ0) is 10.3. The molecule has 0 aliphatic carbocycles. The minimum Gasteiger partial charge on any atom is -0.299 e. The van der Waals surface area contributed by atoms with Crippen LogP contribution in [0, 0.1) is 5.92 Å². The van der Waals surface area contributed by atoms with E-state index in [1.165, 1.54) is 0 Å². The van der Waals surface area contributed by atoms with Crippen molar-refractivity contribution in [2.75, 3.05) is 0 Å². The summed E-state index contributed by atoms with van der Waals surface area (Å²) in [5.74, 6) is 0.240. The van der Waals surface area contributed by atoms with Gasteiger partial charge in [-0.1, -0.05) is 33.6 Å². The van der Waals surface area contributed by atoms with Crippen molar-refractivity contribution in [3.05, 3.63) is 0 Å². The second kappa shape index (κ2) is 6.81. The first-order chi connectivity index (χ1) is 6.11. The van der Waals surface area contributed by atoms with Crippen molar-refractivity contribution >= 4 is 11.6 Å². The molecule has 0 aromatic carbocycles. The van der Waals surface area contributed by atoms with E-state index in [4.69, 9.17) is 0 Å². The highest BCUT2D eigenvalue weighted by molar-refractivity contribution is 5.99. The Hall–Kier alpha value is -0.660. The fraction of sp³-hybridized carbons (Fsp3) is 0.818. The third kappa shape index (κ3) is 5.56. The smallest absolute Gasteiger partial charge is 0.143 e. The van der Waals surface area contributed by atoms with Gasteiger partial charge >= 0.3 is 0 Å². The van der Waals surface area contributed by atoms with Crippen molar-refractivity contribution in [1.29, 1.82) is 0 Å². The molecule has 0 amide bonds. The number of carbonyl (C=O) groups excluding carboxylic acids is 2. The van der Waals surface area contributed by atoms with Crippen molar-refractivity contribution in [3.8, 4) is 0 Å². The van der Waals surface area contributed by atoms with Gasteiger partial charge in [0.15, 0.2) is 0 Å². The van der Waals surface area contributed by atoms with Gasteiger partial charge in [0.2, 0.25) is 0 Å². The molecule has 0 spiro atoms. The van der Waals surface area contributed by atoms with Crippen LogP contribution in [0.5, 0.6) is 0 Å². The lowest BCUT2D eigenvalue weighted by atomic mass is 9.96. The van der Waals surface area contributed by atoms with Gasteiger partial charge in [0, 0.05) is 12.3 Å². The van der Waals surface area contributed by atoms with Gasteiger partial charge in [-0.25, -0.2) is 0 Å². The van der Waals surface area contributed by atoms with Crippen LogP contribution < -0.4 is 0 Å². The van der Waals surface area contributed by atoms with E-state index in [1.807, 2.05) is 6.92 Å². The summed E-state index contributed by atoms with van der Waals surface area (Å²) in [6, 6.07) is 0. The van der Waals surface area contributed by atoms with E-state index in [2.05, 4.69) is 6.92 Å². The van der Waals surface area contributed by atoms with Gasteiger partial charge in [-0.2, -0.15) is 0 Å². The number of carbonyl (C=O) groups is 2. The van der Waals surface area contributed by atoms with Crippen LogP contribution in [0.3, 0.4) is 0 Å². The molecule has 0 radical (unpaired) electrons. The summed E-state index contributed by atoms with van der Waals surface area (Å²) in [6.07, 6.45) is 3.73. The van der Waals surface area contributed by atoms with Gasteiger partial charge in [0.25, 0.3) is 0 Å². The first-order valence-corrected chi connectivity index (χ1v) is 5.16. The van der Waals surface area contributed by atoms with Gasteiger partial charge < -0.3 is 0 Å². The maximum absolute atomic E-state index is 11.4. The molecule has 0 aromatic heterocycles. The number of Topliss-reactive ketones (excluding diaryl/α,β-unsaturated/α-hetero) is 2. The highest BCUT2D eigenvalue weighted by Crippen LogP contribution is 2.11. The minimum absolute atomic E-state index is 0.0633. The second-order valence-corrected chi connectivity index (χ2v) is 3.58. The highest BCUT2D eigenvalue weighted by Gasteiger charge is 2.14. The van der Waals surface area contributed by atoms with Gasteiger partial charge in [-0.05, 0) is 6.42 Å². The first-order valence-electron chi connectivity index (χ1n) is 5.16. The molecule has 0 saturated carbocycles. The Bertz CT molecular complexity index is 173. The van der Waals surface area contributed by atoms with Crippen LogP contribution in [0.15, 0.2) is 0 Å². The van der Waals surface area contributed by atoms with Crippen LogP contribution in [0.2, 0.25) is 0 Å². The summed E-state index contributed by atoms with van der Waals surface area (Å²) in [5, 5.41) is 0. The summed E-state index contributed by atoms with van der Waals surface area (Å²) in [7, 11) is 0. The number of ketones is 2. The fourth-order valence-electron chi connectivity index (χ4n) is 1.16. The number of hydrogen-bond donors (Lipinski definition) is 0. The summed E-state index contributed by atoms with van der Waals surface area (Å²) >= 11 is 0. The Morgan fingerprint density at radius 1 is 1.23 bits per heavy atom. The van der Waals surface area contributed by atoms with Gasteiger partial charge in [0.05, 0.1) is 6.42 Å². The number of hydrogen-bond acceptors (Lipinski definition) is 2. The molecule has 2 nitrogen and oxygen atoms in total. The third-order valence-corrected chi connectivity index (χ3v) is 2.31. The molecule has 2 heteroatoms. The average molecular weight is 184 g/mol. The zero-order valence-corrected chi connectivity index (χ0v) is 8.93. The first kappa shape index (κ1) is 12.3. The van der Waals surface area contributed by atoms with Crippen LogP contribution in [0.25, 0.3) is 0 Å². The molecule has 13 heavy (non-hydrogen) atoms. The molecular formula is C11H20O2. The molecule has 0 aliphatic rings. The Labute approximate surface area is 80.7 Å². The van der Waals surface area contributed by atoms with E-state index in [0.717, 1.165) is 19.3 Å². The summed E-state index contributed by atoms with van der Waals surface area (Å²) < 4.78 is 0. The van der Waals surface area contributed by atoms with Crippen molar-refractivity contribution in [2.45, 2.75) is 52.9 Å². The minimum atomic E-state index is 0.0633. The van der Waals surface area contributed by atoms with Crippen LogP contribution in [0.4, 0.5) is 0 Å². The fourth-order valence-corrected chi connectivity index (χ4v) is 1.16. The quantitative estimate of drug-likeness (QED) is 0.570. The van der Waals surface area contributed by atoms with Gasteiger partial charge in [-0.3, -0.25) is 9.59 Å². The van der Waals surface area contributed by atoms with Crippen molar-refractivity contribution in [1.82, 2.24) is 0 Å². The van der Waals surface area contributed by atoms with Crippen LogP contribution in [0.1, 0.15) is 52.9 Å². The van der Waals surface area contributed by atoms with E-state index in [0.29, 0.717) is 6.42 Å². The topological polar surface area (TPSA) is 34.1 Å². The lowest BCUT2D eigenvalue weighted by molar-refractivity contribution is -0.129. The molecule has 0 heterocycles. The Kier molecular flexibility index (Phi) is 6.47. The summed E-state index contributed by atoms with van der Waals surface area (Å²) in [6.45, 7) is 5.82. The lowest BCUT2D eigenvalue weighted by Crippen LogP contribution is -2.15. The third-order valence-electron chi connectivity index (χ3n) is 2.31. The number of unbranched alkanes of at least 4 members (excludes halogenated alkanes) is 1. The average Bonchev–Trinajstić information content (AvgIpc) is 2.13. The highest BCUT2D eigenvalue weighted by atomic mass is 16.1. The van der Waals surface area contributed by atoms with Crippen molar-refractivity contribution in [2.24, 2.45) is 5.92 Å². The number of rotatable bonds is 7. The molecular weight excluding hydrogens is 164 g/mol. The van der Waals surface area contributed by atoms with Crippen molar-refractivity contribution < 1.29 is 9.59 Å². The Morgan fingerprint density at radius 3 is 2.31 bits per heavy atom. The standard InChI is InChI=1S/C11H20O2/c1-4-6-7-9(3)11(13)8-10(12)5-2/h9H,4-8H2,1-3H3. The molecule has 0 N–H and O–H groups in total. The molecule has 0 aliphatic heterocycles. The van der Waals surface area contributed by atoms with Crippen LogP contribution in [-0.2, 0) is 9.59 Å². The maximum atomic E-state index is 11.4. The molecule has 0 rings (SSSR count). The maximum Gasteiger partial charge on any atom is 0.143 e. The molecule has 0 saturated heterocycles. The van der Waals surface area contributed by atoms with Crippen LogP contribution in [-0.4, -0.2) is 11.6 Å². The van der Waals surface area contributed by atoms with E-state index in [1.54, 1.807) is 6.92 Å². The second-order valence-electron chi connectivity index (χ2n) is 3.58. The van der Waals surface area contributed by atoms with Crippen molar-refractivity contribution in [3.63, 3.8) is 0 Å². The largest absolute Gasteiger partial charge is 0.299 e.